The number of aromatic nitrogens is 3. The molecule has 202 valence electrons. The Labute approximate surface area is 221 Å². The Bertz CT molecular complexity index is 1160. The van der Waals surface area contributed by atoms with E-state index in [0.717, 1.165) is 74.9 Å². The first-order valence-electron chi connectivity index (χ1n) is 13.8. The Morgan fingerprint density at radius 1 is 1.19 bits per heavy atom. The topological polar surface area (TPSA) is 83.2 Å². The lowest BCUT2D eigenvalue weighted by Gasteiger charge is -2.32. The highest BCUT2D eigenvalue weighted by molar-refractivity contribution is 5.88. The smallest absolute Gasteiger partial charge is 0.123 e. The molecule has 0 bridgehead atoms. The molecule has 7 heteroatoms. The molecule has 7 nitrogen and oxygen atoms in total. The van der Waals surface area contributed by atoms with Gasteiger partial charge in [-0.05, 0) is 68.6 Å². The summed E-state index contributed by atoms with van der Waals surface area (Å²) in [5.74, 6) is 0.311. The SMILES string of the molecule is CCC1(C)CCc2c(-c3cc4ccc(N(C)CCOC)cc4[nH]3)n[nH]c2C1.COC1CCC(C=O)CC1. The van der Waals surface area contributed by atoms with Crippen LogP contribution in [0.2, 0.25) is 0 Å². The third kappa shape index (κ3) is 6.44. The van der Waals surface area contributed by atoms with Crippen LogP contribution >= 0.6 is 0 Å². The zero-order valence-corrected chi connectivity index (χ0v) is 23.2. The Kier molecular flexibility index (Phi) is 9.08. The van der Waals surface area contributed by atoms with Gasteiger partial charge in [-0.25, -0.2) is 0 Å². The summed E-state index contributed by atoms with van der Waals surface area (Å²) in [4.78, 5) is 16.1. The van der Waals surface area contributed by atoms with Crippen LogP contribution in [-0.2, 0) is 27.1 Å². The van der Waals surface area contributed by atoms with Crippen molar-refractivity contribution >= 4 is 22.9 Å². The van der Waals surface area contributed by atoms with Crippen molar-refractivity contribution in [3.8, 4) is 11.4 Å². The van der Waals surface area contributed by atoms with E-state index in [2.05, 4.69) is 65.2 Å². The number of hydrogen-bond donors (Lipinski definition) is 2. The van der Waals surface area contributed by atoms with Gasteiger partial charge in [0.15, 0.2) is 0 Å². The fourth-order valence-corrected chi connectivity index (χ4v) is 5.58. The number of likely N-dealkylation sites (N-methyl/N-ethyl adjacent to an activating group) is 1. The first kappa shape index (κ1) is 27.4. The molecular formula is C30H44N4O3. The van der Waals surface area contributed by atoms with E-state index in [9.17, 15) is 4.79 Å². The minimum atomic E-state index is 0.311. The van der Waals surface area contributed by atoms with E-state index >= 15 is 0 Å². The second kappa shape index (κ2) is 12.3. The Morgan fingerprint density at radius 3 is 2.65 bits per heavy atom. The third-order valence-corrected chi connectivity index (χ3v) is 8.57. The van der Waals surface area contributed by atoms with E-state index < -0.39 is 0 Å². The number of H-pyrrole nitrogens is 2. The van der Waals surface area contributed by atoms with Gasteiger partial charge >= 0.3 is 0 Å². The Balaban J connectivity index is 0.000000270. The second-order valence-electron chi connectivity index (χ2n) is 11.1. The zero-order valence-electron chi connectivity index (χ0n) is 23.2. The zero-order chi connectivity index (χ0) is 26.4. The van der Waals surface area contributed by atoms with Crippen molar-refractivity contribution in [1.29, 1.82) is 0 Å². The second-order valence-corrected chi connectivity index (χ2v) is 11.1. The number of benzene rings is 1. The van der Waals surface area contributed by atoms with E-state index in [0.29, 0.717) is 17.4 Å². The van der Waals surface area contributed by atoms with Gasteiger partial charge in [0.2, 0.25) is 0 Å². The van der Waals surface area contributed by atoms with E-state index in [1.807, 2.05) is 0 Å². The molecule has 1 atom stereocenters. The van der Waals surface area contributed by atoms with Gasteiger partial charge in [-0.2, -0.15) is 5.10 Å². The van der Waals surface area contributed by atoms with Gasteiger partial charge in [0, 0.05) is 61.6 Å². The Morgan fingerprint density at radius 2 is 1.97 bits per heavy atom. The number of aldehydes is 1. The molecule has 0 spiro atoms. The summed E-state index contributed by atoms with van der Waals surface area (Å²) < 4.78 is 10.4. The van der Waals surface area contributed by atoms with Gasteiger partial charge in [-0.1, -0.05) is 26.3 Å². The van der Waals surface area contributed by atoms with Crippen LogP contribution in [0.15, 0.2) is 24.3 Å². The predicted octanol–water partition coefficient (Wildman–Crippen LogP) is 5.94. The summed E-state index contributed by atoms with van der Waals surface area (Å²) in [6.45, 7) is 6.28. The van der Waals surface area contributed by atoms with Gasteiger partial charge in [-0.15, -0.1) is 0 Å². The fraction of sp³-hybridized carbons (Fsp3) is 0.600. The molecule has 0 radical (unpaired) electrons. The molecule has 2 N–H and O–H groups in total. The van der Waals surface area contributed by atoms with E-state index in [-0.39, 0.29) is 0 Å². The molecule has 37 heavy (non-hydrogen) atoms. The van der Waals surface area contributed by atoms with Gasteiger partial charge in [0.25, 0.3) is 0 Å². The van der Waals surface area contributed by atoms with Gasteiger partial charge in [0.1, 0.15) is 12.0 Å². The summed E-state index contributed by atoms with van der Waals surface area (Å²) in [6.07, 6.45) is 10.3. The summed E-state index contributed by atoms with van der Waals surface area (Å²) in [6, 6.07) is 8.78. The van der Waals surface area contributed by atoms with Gasteiger partial charge in [-0.3, -0.25) is 5.10 Å². The van der Waals surface area contributed by atoms with Crippen molar-refractivity contribution < 1.29 is 14.3 Å². The average Bonchev–Trinajstić information content (AvgIpc) is 3.55. The molecule has 0 aliphatic heterocycles. The minimum absolute atomic E-state index is 0.311. The van der Waals surface area contributed by atoms with Crippen LogP contribution in [0.25, 0.3) is 22.3 Å². The number of ether oxygens (including phenoxy) is 2. The first-order chi connectivity index (χ1) is 17.9. The third-order valence-electron chi connectivity index (χ3n) is 8.57. The number of rotatable bonds is 8. The fourth-order valence-electron chi connectivity index (χ4n) is 5.58. The highest BCUT2D eigenvalue weighted by Crippen LogP contribution is 2.40. The van der Waals surface area contributed by atoms with E-state index in [1.54, 1.807) is 14.2 Å². The van der Waals surface area contributed by atoms with Crippen molar-refractivity contribution in [2.75, 3.05) is 39.3 Å². The monoisotopic (exact) mass is 508 g/mol. The number of anilines is 1. The lowest BCUT2D eigenvalue weighted by Crippen LogP contribution is -2.24. The lowest BCUT2D eigenvalue weighted by molar-refractivity contribution is -0.112. The largest absolute Gasteiger partial charge is 0.383 e. The molecule has 0 saturated heterocycles. The van der Waals surface area contributed by atoms with Crippen molar-refractivity contribution in [2.24, 2.45) is 11.3 Å². The molecule has 2 aliphatic carbocycles. The highest BCUT2D eigenvalue weighted by Gasteiger charge is 2.31. The molecule has 2 heterocycles. The van der Waals surface area contributed by atoms with Crippen LogP contribution in [0.1, 0.15) is 63.6 Å². The van der Waals surface area contributed by atoms with Crippen LogP contribution in [0.4, 0.5) is 5.69 Å². The van der Waals surface area contributed by atoms with Crippen LogP contribution < -0.4 is 4.90 Å². The summed E-state index contributed by atoms with van der Waals surface area (Å²) in [5.41, 5.74) is 7.66. The molecule has 2 aromatic heterocycles. The standard InChI is InChI=1S/C22H30N4O.C8H14O2/c1-5-22(2)9-8-17-20(14-22)24-25-21(17)19-12-15-6-7-16(13-18(15)23-19)26(3)10-11-27-4;1-10-8-4-2-7(6-9)3-5-8/h6-7,12-13,23H,5,8-11,14H2,1-4H3,(H,24,25);6-8H,2-5H2,1H3. The van der Waals surface area contributed by atoms with Crippen molar-refractivity contribution in [2.45, 2.75) is 71.3 Å². The predicted molar refractivity (Wildman–Crippen MR) is 150 cm³/mol. The van der Waals surface area contributed by atoms with E-state index in [1.165, 1.54) is 35.2 Å². The quantitative estimate of drug-likeness (QED) is 0.368. The molecule has 1 unspecified atom stereocenters. The minimum Gasteiger partial charge on any atom is -0.383 e. The van der Waals surface area contributed by atoms with Gasteiger partial charge in [0.05, 0.1) is 18.4 Å². The number of aromatic amines is 2. The molecule has 5 rings (SSSR count). The normalized spacial score (nSPS) is 23.3. The molecule has 0 amide bonds. The van der Waals surface area contributed by atoms with Gasteiger partial charge < -0.3 is 24.2 Å². The molecule has 1 saturated carbocycles. The van der Waals surface area contributed by atoms with Crippen LogP contribution in [0.5, 0.6) is 0 Å². The first-order valence-corrected chi connectivity index (χ1v) is 13.8. The molecule has 1 fully saturated rings. The summed E-state index contributed by atoms with van der Waals surface area (Å²) >= 11 is 0. The maximum absolute atomic E-state index is 10.3. The average molecular weight is 509 g/mol. The number of carbonyl (C=O) groups excluding carboxylic acids is 1. The maximum Gasteiger partial charge on any atom is 0.123 e. The highest BCUT2D eigenvalue weighted by atomic mass is 16.5. The number of hydrogen-bond acceptors (Lipinski definition) is 5. The lowest BCUT2D eigenvalue weighted by atomic mass is 9.73. The molecule has 1 aromatic carbocycles. The number of nitrogens with zero attached hydrogens (tertiary/aromatic N) is 2. The maximum atomic E-state index is 10.3. The number of fused-ring (bicyclic) bond motifs is 2. The number of nitrogens with one attached hydrogen (secondary N) is 2. The van der Waals surface area contributed by atoms with Crippen molar-refractivity contribution in [3.05, 3.63) is 35.5 Å². The van der Waals surface area contributed by atoms with Crippen LogP contribution in [0.3, 0.4) is 0 Å². The van der Waals surface area contributed by atoms with Crippen molar-refractivity contribution in [3.63, 3.8) is 0 Å². The number of methoxy groups -OCH3 is 2. The van der Waals surface area contributed by atoms with Crippen LogP contribution in [0, 0.1) is 11.3 Å². The molecular weight excluding hydrogens is 464 g/mol. The summed E-state index contributed by atoms with van der Waals surface area (Å²) in [7, 11) is 5.58. The number of carbonyl (C=O) groups is 1. The molecule has 2 aliphatic rings. The summed E-state index contributed by atoms with van der Waals surface area (Å²) in [5, 5.41) is 9.22. The van der Waals surface area contributed by atoms with Crippen LogP contribution in [-0.4, -0.2) is 62.0 Å². The Hall–Kier alpha value is -2.64. The van der Waals surface area contributed by atoms with Crippen molar-refractivity contribution in [1.82, 2.24) is 15.2 Å². The van der Waals surface area contributed by atoms with E-state index in [4.69, 9.17) is 9.47 Å². The molecule has 3 aromatic rings.